The van der Waals surface area contributed by atoms with Crippen LogP contribution in [0.5, 0.6) is 0 Å². The van der Waals surface area contributed by atoms with Crippen molar-refractivity contribution in [3.8, 4) is 0 Å². The molecule has 0 radical (unpaired) electrons. The van der Waals surface area contributed by atoms with E-state index >= 15 is 0 Å². The first-order valence-corrected chi connectivity index (χ1v) is 4.02. The van der Waals surface area contributed by atoms with Crippen LogP contribution in [-0.4, -0.2) is 54.6 Å². The van der Waals surface area contributed by atoms with Crippen LogP contribution in [0.1, 0.15) is 0 Å². The maximum absolute atomic E-state index is 12.7. The van der Waals surface area contributed by atoms with Gasteiger partial charge in [-0.3, -0.25) is 16.8 Å². The molecule has 2 atom stereocenters. The van der Waals surface area contributed by atoms with E-state index in [0.717, 1.165) is 12.1 Å². The van der Waals surface area contributed by atoms with Crippen LogP contribution in [0.25, 0.3) is 0 Å². The number of nitrogens with two attached hydrogens (primary N) is 2. The molecule has 0 bridgehead atoms. The fraction of sp³-hybridized carbons (Fsp3) is 1.00. The smallest absolute Gasteiger partial charge is 0.364 e. The Morgan fingerprint density at radius 2 is 1.73 bits per heavy atom. The molecular weight excluding hydrogens is 215 g/mol. The fourth-order valence-corrected chi connectivity index (χ4v) is 1.15. The van der Waals surface area contributed by atoms with Gasteiger partial charge < -0.3 is 5.11 Å². The van der Waals surface area contributed by atoms with Crippen molar-refractivity contribution in [2.45, 2.75) is 18.3 Å². The lowest BCUT2D eigenvalue weighted by atomic mass is 10.3. The van der Waals surface area contributed by atoms with Crippen LogP contribution in [0.2, 0.25) is 0 Å². The average Bonchev–Trinajstić information content (AvgIpc) is 2.00. The Morgan fingerprint density at radius 1 is 1.33 bits per heavy atom. The van der Waals surface area contributed by atoms with Crippen LogP contribution in [0.4, 0.5) is 13.2 Å². The summed E-state index contributed by atoms with van der Waals surface area (Å²) in [4.78, 5) is 0. The minimum Gasteiger partial charge on any atom is -0.364 e. The zero-order valence-corrected chi connectivity index (χ0v) is 8.71. The van der Waals surface area contributed by atoms with Crippen molar-refractivity contribution in [3.05, 3.63) is 0 Å². The molecule has 0 aromatic heterocycles. The molecule has 0 saturated carbocycles. The number of rotatable bonds is 4. The number of nitrogens with one attached hydrogen (secondary N) is 1. The molecule has 6 nitrogen and oxygen atoms in total. The van der Waals surface area contributed by atoms with Gasteiger partial charge in [-0.05, 0) is 7.05 Å². The van der Waals surface area contributed by atoms with Gasteiger partial charge in [-0.2, -0.15) is 18.2 Å². The summed E-state index contributed by atoms with van der Waals surface area (Å²) >= 11 is 0. The Hall–Kier alpha value is -0.450. The molecular formula is C6H16F3N5O. The number of alkyl halides is 3. The number of hydrazine groups is 1. The largest absolute Gasteiger partial charge is 0.435 e. The Balaban J connectivity index is 5.23. The van der Waals surface area contributed by atoms with E-state index in [1.165, 1.54) is 14.1 Å². The molecule has 0 amide bonds. The monoisotopic (exact) mass is 231 g/mol. The second kappa shape index (κ2) is 4.60. The molecule has 0 aliphatic carbocycles. The maximum Gasteiger partial charge on any atom is 0.435 e. The number of hydrogen-bond donors (Lipinski definition) is 4. The SMILES string of the molecule is CNC(N)(N(C(N)O)N(C)C)C(F)(F)F. The highest BCUT2D eigenvalue weighted by atomic mass is 19.4. The van der Waals surface area contributed by atoms with Crippen LogP contribution in [0.3, 0.4) is 0 Å². The Kier molecular flexibility index (Phi) is 4.46. The van der Waals surface area contributed by atoms with E-state index in [4.69, 9.17) is 16.6 Å². The number of aliphatic hydroxyl groups excluding tert-OH is 1. The van der Waals surface area contributed by atoms with Gasteiger partial charge in [0, 0.05) is 14.1 Å². The number of hydrogen-bond acceptors (Lipinski definition) is 6. The standard InChI is InChI=1S/C6H16F3N5O/c1-12-6(11,5(7,8)9)14(4(10)15)13(2)3/h4,12,15H,10-11H2,1-3H3. The summed E-state index contributed by atoms with van der Waals surface area (Å²) in [5.41, 5.74) is 10.1. The Morgan fingerprint density at radius 3 is 1.80 bits per heavy atom. The maximum atomic E-state index is 12.7. The molecule has 0 aliphatic rings. The molecule has 92 valence electrons. The number of halogens is 3. The molecule has 9 heteroatoms. The van der Waals surface area contributed by atoms with Crippen molar-refractivity contribution in [1.29, 1.82) is 0 Å². The summed E-state index contributed by atoms with van der Waals surface area (Å²) in [5.74, 6) is -2.93. The minimum atomic E-state index is -4.80. The van der Waals surface area contributed by atoms with Crippen LogP contribution in [0.15, 0.2) is 0 Å². The normalized spacial score (nSPS) is 19.4. The van der Waals surface area contributed by atoms with Gasteiger partial charge in [0.05, 0.1) is 0 Å². The molecule has 2 unspecified atom stereocenters. The minimum absolute atomic E-state index is 0.368. The quantitative estimate of drug-likeness (QED) is 0.344. The van der Waals surface area contributed by atoms with Crippen LogP contribution in [-0.2, 0) is 0 Å². The van der Waals surface area contributed by atoms with Gasteiger partial charge in [0.15, 0.2) is 6.35 Å². The molecule has 0 rings (SSSR count). The van der Waals surface area contributed by atoms with Crippen molar-refractivity contribution >= 4 is 0 Å². The van der Waals surface area contributed by atoms with Gasteiger partial charge in [0.2, 0.25) is 5.79 Å². The van der Waals surface area contributed by atoms with Crippen molar-refractivity contribution in [1.82, 2.24) is 15.3 Å². The van der Waals surface area contributed by atoms with Gasteiger partial charge in [0.25, 0.3) is 0 Å². The third-order valence-corrected chi connectivity index (χ3v) is 1.86. The molecule has 0 aromatic carbocycles. The van der Waals surface area contributed by atoms with Gasteiger partial charge in [-0.25, -0.2) is 5.01 Å². The zero-order chi connectivity index (χ0) is 12.4. The van der Waals surface area contributed by atoms with Crippen LogP contribution in [0, 0.1) is 0 Å². The van der Waals surface area contributed by atoms with Gasteiger partial charge in [0.1, 0.15) is 0 Å². The summed E-state index contributed by atoms with van der Waals surface area (Å²) in [6.07, 6.45) is -6.68. The second-order valence-corrected chi connectivity index (χ2v) is 3.12. The lowest BCUT2D eigenvalue weighted by Crippen LogP contribution is -2.78. The highest BCUT2D eigenvalue weighted by molar-refractivity contribution is 4.86. The molecule has 0 fully saturated rings. The fourth-order valence-electron chi connectivity index (χ4n) is 1.15. The first-order chi connectivity index (χ1) is 6.58. The van der Waals surface area contributed by atoms with Crippen molar-refractivity contribution in [2.75, 3.05) is 21.1 Å². The van der Waals surface area contributed by atoms with Crippen LogP contribution < -0.4 is 16.8 Å². The van der Waals surface area contributed by atoms with Gasteiger partial charge >= 0.3 is 6.18 Å². The van der Waals surface area contributed by atoms with Crippen molar-refractivity contribution in [2.24, 2.45) is 11.5 Å². The van der Waals surface area contributed by atoms with E-state index in [1.54, 1.807) is 0 Å². The van der Waals surface area contributed by atoms with E-state index in [-0.39, 0.29) is 0 Å². The molecule has 6 N–H and O–H groups in total. The van der Waals surface area contributed by atoms with E-state index in [9.17, 15) is 13.2 Å². The van der Waals surface area contributed by atoms with Crippen molar-refractivity contribution < 1.29 is 18.3 Å². The average molecular weight is 231 g/mol. The zero-order valence-electron chi connectivity index (χ0n) is 8.71. The van der Waals surface area contributed by atoms with E-state index in [0.29, 0.717) is 5.01 Å². The molecule has 0 spiro atoms. The molecule has 0 aliphatic heterocycles. The predicted octanol–water partition coefficient (Wildman–Crippen LogP) is -1.61. The first-order valence-electron chi connectivity index (χ1n) is 4.02. The van der Waals surface area contributed by atoms with E-state index in [2.05, 4.69) is 0 Å². The molecule has 15 heavy (non-hydrogen) atoms. The highest BCUT2D eigenvalue weighted by Gasteiger charge is 2.57. The lowest BCUT2D eigenvalue weighted by Gasteiger charge is -2.45. The summed E-state index contributed by atoms with van der Waals surface area (Å²) < 4.78 is 38.0. The predicted molar refractivity (Wildman–Crippen MR) is 47.8 cm³/mol. The topological polar surface area (TPSA) is 90.8 Å². The highest BCUT2D eigenvalue weighted by Crippen LogP contribution is 2.29. The van der Waals surface area contributed by atoms with Gasteiger partial charge in [-0.1, -0.05) is 0 Å². The molecule has 0 aromatic rings. The Bertz CT molecular complexity index is 201. The van der Waals surface area contributed by atoms with E-state index in [1.807, 2.05) is 5.32 Å². The molecule has 0 saturated heterocycles. The summed E-state index contributed by atoms with van der Waals surface area (Å²) in [5, 5.41) is 12.3. The first kappa shape index (κ1) is 14.6. The number of nitrogens with zero attached hydrogens (tertiary/aromatic N) is 2. The van der Waals surface area contributed by atoms with E-state index < -0.39 is 18.3 Å². The summed E-state index contributed by atoms with van der Waals surface area (Å²) in [7, 11) is 3.58. The third-order valence-electron chi connectivity index (χ3n) is 1.86. The Labute approximate surface area is 85.6 Å². The summed E-state index contributed by atoms with van der Waals surface area (Å²) in [6, 6.07) is 0. The van der Waals surface area contributed by atoms with Crippen LogP contribution >= 0.6 is 0 Å². The number of aliphatic hydroxyl groups is 1. The van der Waals surface area contributed by atoms with Gasteiger partial charge in [-0.15, -0.1) is 0 Å². The third kappa shape index (κ3) is 2.77. The molecule has 0 heterocycles. The lowest BCUT2D eigenvalue weighted by molar-refractivity contribution is -0.306. The summed E-state index contributed by atoms with van der Waals surface area (Å²) in [6.45, 7) is 0. The van der Waals surface area contributed by atoms with Crippen molar-refractivity contribution in [3.63, 3.8) is 0 Å². The second-order valence-electron chi connectivity index (χ2n) is 3.12.